The summed E-state index contributed by atoms with van der Waals surface area (Å²) in [6.45, 7) is 2.19. The third-order valence-electron chi connectivity index (χ3n) is 3.68. The minimum absolute atomic E-state index is 0. The zero-order valence-corrected chi connectivity index (χ0v) is 18.2. The summed E-state index contributed by atoms with van der Waals surface area (Å²) >= 11 is 0. The molecular weight excluding hydrogens is 472 g/mol. The highest BCUT2D eigenvalue weighted by atomic mass is 127. The Morgan fingerprint density at radius 3 is 2.26 bits per heavy atom. The number of nitrogens with one attached hydrogen (secondary N) is 1. The first kappa shape index (κ1) is 25.8. The number of halogens is 4. The maximum Gasteiger partial charge on any atom is 0.573 e. The van der Waals surface area contributed by atoms with Crippen LogP contribution in [0.4, 0.5) is 13.2 Å². The summed E-state index contributed by atoms with van der Waals surface area (Å²) < 4.78 is 40.1. The molecule has 0 aliphatic carbocycles. The average Bonchev–Trinajstić information content (AvgIpc) is 2.55. The molecule has 5 nitrogen and oxygen atoms in total. The quantitative estimate of drug-likeness (QED) is 0.207. The first-order valence-electron chi connectivity index (χ1n) is 8.79. The van der Waals surface area contributed by atoms with Gasteiger partial charge in [-0.25, -0.2) is 4.99 Å². The Hall–Kier alpha value is -1.23. The average molecular weight is 502 g/mol. The van der Waals surface area contributed by atoms with E-state index in [4.69, 9.17) is 5.73 Å². The first-order chi connectivity index (χ1) is 12.3. The van der Waals surface area contributed by atoms with Crippen molar-refractivity contribution in [3.63, 3.8) is 0 Å². The second-order valence-electron chi connectivity index (χ2n) is 6.39. The van der Waals surface area contributed by atoms with Gasteiger partial charge < -0.3 is 20.7 Å². The lowest BCUT2D eigenvalue weighted by Crippen LogP contribution is -2.32. The number of hydrogen-bond acceptors (Lipinski definition) is 3. The number of guanidine groups is 1. The van der Waals surface area contributed by atoms with E-state index in [9.17, 15) is 13.2 Å². The molecule has 0 unspecified atom stereocenters. The van der Waals surface area contributed by atoms with E-state index in [0.717, 1.165) is 31.5 Å². The molecule has 0 atom stereocenters. The topological polar surface area (TPSA) is 62.9 Å². The number of alkyl halides is 3. The predicted molar refractivity (Wildman–Crippen MR) is 114 cm³/mol. The van der Waals surface area contributed by atoms with Gasteiger partial charge >= 0.3 is 6.36 Å². The zero-order valence-electron chi connectivity index (χ0n) is 15.9. The molecule has 156 valence electrons. The van der Waals surface area contributed by atoms with Crippen LogP contribution in [0.3, 0.4) is 0 Å². The summed E-state index contributed by atoms with van der Waals surface area (Å²) in [6, 6.07) is 5.59. The molecular formula is C18H30F3IN4O. The Kier molecular flexibility index (Phi) is 13.2. The summed E-state index contributed by atoms with van der Waals surface area (Å²) in [7, 11) is 4.16. The highest BCUT2D eigenvalue weighted by Crippen LogP contribution is 2.22. The minimum Gasteiger partial charge on any atom is -0.406 e. The van der Waals surface area contributed by atoms with Crippen LogP contribution in [0.25, 0.3) is 0 Å². The van der Waals surface area contributed by atoms with Crippen LogP contribution in [0.5, 0.6) is 5.75 Å². The van der Waals surface area contributed by atoms with Crippen LogP contribution in [-0.2, 0) is 6.54 Å². The molecule has 3 N–H and O–H groups in total. The highest BCUT2D eigenvalue weighted by molar-refractivity contribution is 14.0. The van der Waals surface area contributed by atoms with Crippen molar-refractivity contribution in [1.29, 1.82) is 0 Å². The molecule has 0 aliphatic rings. The molecule has 1 aromatic carbocycles. The molecule has 0 amide bonds. The van der Waals surface area contributed by atoms with Crippen LogP contribution in [0, 0.1) is 0 Å². The molecule has 9 heteroatoms. The fraction of sp³-hybridized carbons (Fsp3) is 0.611. The van der Waals surface area contributed by atoms with E-state index in [1.54, 1.807) is 0 Å². The fourth-order valence-electron chi connectivity index (χ4n) is 2.33. The van der Waals surface area contributed by atoms with Crippen LogP contribution in [0.15, 0.2) is 29.3 Å². The highest BCUT2D eigenvalue weighted by Gasteiger charge is 2.30. The molecule has 0 heterocycles. The van der Waals surface area contributed by atoms with E-state index < -0.39 is 6.36 Å². The fourth-order valence-corrected chi connectivity index (χ4v) is 2.33. The Bertz CT molecular complexity index is 536. The summed E-state index contributed by atoms with van der Waals surface area (Å²) in [5, 5.41) is 3.05. The van der Waals surface area contributed by atoms with E-state index in [0.29, 0.717) is 12.5 Å². The number of unbranched alkanes of at least 4 members (excludes halogenated alkanes) is 4. The number of rotatable bonds is 11. The summed E-state index contributed by atoms with van der Waals surface area (Å²) in [4.78, 5) is 6.37. The van der Waals surface area contributed by atoms with E-state index in [-0.39, 0.29) is 29.7 Å². The smallest absolute Gasteiger partial charge is 0.406 e. The molecule has 1 rings (SSSR count). The van der Waals surface area contributed by atoms with Crippen molar-refractivity contribution in [2.24, 2.45) is 10.7 Å². The number of ether oxygens (including phenoxy) is 1. The zero-order chi connectivity index (χ0) is 19.4. The Morgan fingerprint density at radius 2 is 1.67 bits per heavy atom. The predicted octanol–water partition coefficient (Wildman–Crippen LogP) is 4.12. The van der Waals surface area contributed by atoms with Gasteiger partial charge in [0, 0.05) is 6.54 Å². The molecule has 1 aromatic rings. The van der Waals surface area contributed by atoms with Gasteiger partial charge in [-0.1, -0.05) is 31.4 Å². The van der Waals surface area contributed by atoms with Crippen LogP contribution >= 0.6 is 24.0 Å². The number of nitrogens with two attached hydrogens (primary N) is 1. The number of benzene rings is 1. The van der Waals surface area contributed by atoms with Gasteiger partial charge in [0.2, 0.25) is 0 Å². The van der Waals surface area contributed by atoms with Gasteiger partial charge in [0.25, 0.3) is 0 Å². The molecule has 0 bridgehead atoms. The van der Waals surface area contributed by atoms with Gasteiger partial charge in [-0.05, 0) is 51.2 Å². The van der Waals surface area contributed by atoms with Crippen molar-refractivity contribution in [3.05, 3.63) is 29.8 Å². The van der Waals surface area contributed by atoms with Crippen molar-refractivity contribution in [3.8, 4) is 5.75 Å². The molecule has 0 saturated carbocycles. The maximum atomic E-state index is 12.1. The second kappa shape index (κ2) is 13.9. The van der Waals surface area contributed by atoms with Gasteiger partial charge in [0.05, 0.1) is 6.54 Å². The molecule has 0 aliphatic heterocycles. The largest absolute Gasteiger partial charge is 0.573 e. The third kappa shape index (κ3) is 14.5. The van der Waals surface area contributed by atoms with Crippen LogP contribution in [0.1, 0.15) is 37.7 Å². The molecule has 0 saturated heterocycles. The van der Waals surface area contributed by atoms with Gasteiger partial charge in [-0.15, -0.1) is 37.1 Å². The minimum atomic E-state index is -4.68. The van der Waals surface area contributed by atoms with Gasteiger partial charge in [-0.2, -0.15) is 0 Å². The van der Waals surface area contributed by atoms with Crippen molar-refractivity contribution >= 4 is 29.9 Å². The van der Waals surface area contributed by atoms with Crippen molar-refractivity contribution < 1.29 is 17.9 Å². The normalized spacial score (nSPS) is 12.0. The van der Waals surface area contributed by atoms with Crippen LogP contribution < -0.4 is 15.8 Å². The molecule has 0 aromatic heterocycles. The van der Waals surface area contributed by atoms with E-state index in [1.165, 1.54) is 43.5 Å². The number of hydrogen-bond donors (Lipinski definition) is 2. The molecule has 27 heavy (non-hydrogen) atoms. The Labute approximate surface area is 176 Å². The SMILES string of the molecule is CN(C)CCCCCCCNC(N)=NCc1ccc(OC(F)(F)F)cc1.I. The van der Waals surface area contributed by atoms with Crippen LogP contribution in [0.2, 0.25) is 0 Å². The molecule has 0 spiro atoms. The van der Waals surface area contributed by atoms with E-state index in [1.807, 2.05) is 0 Å². The summed E-state index contributed by atoms with van der Waals surface area (Å²) in [6.07, 6.45) is 1.15. The lowest BCUT2D eigenvalue weighted by atomic mass is 10.1. The van der Waals surface area contributed by atoms with Crippen molar-refractivity contribution in [2.45, 2.75) is 45.0 Å². The number of aliphatic imine (C=N–C) groups is 1. The summed E-state index contributed by atoms with van der Waals surface area (Å²) in [5.74, 6) is 0.0927. The number of nitrogens with zero attached hydrogens (tertiary/aromatic N) is 2. The Morgan fingerprint density at radius 1 is 1.07 bits per heavy atom. The first-order valence-corrected chi connectivity index (χ1v) is 8.79. The monoisotopic (exact) mass is 502 g/mol. The van der Waals surface area contributed by atoms with Gasteiger partial charge in [0.15, 0.2) is 5.96 Å². The van der Waals surface area contributed by atoms with Crippen molar-refractivity contribution in [1.82, 2.24) is 10.2 Å². The van der Waals surface area contributed by atoms with Gasteiger partial charge in [0.1, 0.15) is 5.75 Å². The summed E-state index contributed by atoms with van der Waals surface area (Å²) in [5.41, 5.74) is 6.55. The lowest BCUT2D eigenvalue weighted by Gasteiger charge is -2.09. The van der Waals surface area contributed by atoms with Gasteiger partial charge in [-0.3, -0.25) is 0 Å². The third-order valence-corrected chi connectivity index (χ3v) is 3.68. The van der Waals surface area contributed by atoms with Crippen molar-refractivity contribution in [2.75, 3.05) is 27.2 Å². The standard InChI is InChI=1S/C18H29F3N4O.HI/c1-25(2)13-7-5-3-4-6-12-23-17(22)24-14-15-8-10-16(11-9-15)26-18(19,20)21;/h8-11H,3-7,12-14H2,1-2H3,(H3,22,23,24);1H. The second-order valence-corrected chi connectivity index (χ2v) is 6.39. The Balaban J connectivity index is 0.00000676. The van der Waals surface area contributed by atoms with Crippen LogP contribution in [-0.4, -0.2) is 44.4 Å². The molecule has 0 fully saturated rings. The maximum absolute atomic E-state index is 12.1. The lowest BCUT2D eigenvalue weighted by molar-refractivity contribution is -0.274. The van der Waals surface area contributed by atoms with E-state index in [2.05, 4.69) is 34.0 Å². The molecule has 0 radical (unpaired) electrons. The van der Waals surface area contributed by atoms with E-state index >= 15 is 0 Å².